The molecule has 0 radical (unpaired) electrons. The van der Waals surface area contributed by atoms with Crippen LogP contribution in [0.4, 0.5) is 0 Å². The summed E-state index contributed by atoms with van der Waals surface area (Å²) in [6.45, 7) is 6.78. The molecule has 0 aliphatic carbocycles. The quantitative estimate of drug-likeness (QED) is 0.239. The molecule has 3 heteroatoms. The third-order valence-electron chi connectivity index (χ3n) is 0.851. The van der Waals surface area contributed by atoms with Crippen LogP contribution in [-0.2, 0) is 14.3 Å². The Kier molecular flexibility index (Phi) is 5.77. The van der Waals surface area contributed by atoms with E-state index >= 15 is 0 Å². The molecule has 0 bridgehead atoms. The predicted octanol–water partition coefficient (Wildman–Crippen LogP) is 0.752. The zero-order valence-electron chi connectivity index (χ0n) is 6.13. The molecule has 0 spiro atoms. The van der Waals surface area contributed by atoms with Crippen molar-refractivity contribution in [3.8, 4) is 0 Å². The smallest absolute Gasteiger partial charge is 0.184 e. The van der Waals surface area contributed by atoms with Gasteiger partial charge in [0.15, 0.2) is 12.0 Å². The third-order valence-corrected chi connectivity index (χ3v) is 0.851. The number of ether oxygens (including phenoxy) is 2. The average Bonchev–Trinajstić information content (AvgIpc) is 1.98. The topological polar surface area (TPSA) is 35.5 Å². The van der Waals surface area contributed by atoms with Gasteiger partial charge < -0.3 is 9.47 Å². The minimum atomic E-state index is 0.153. The Labute approximate surface area is 60.6 Å². The molecule has 0 N–H and O–H groups in total. The number of rotatable bonds is 6. The largest absolute Gasteiger partial charge is 0.488 e. The second-order valence-electron chi connectivity index (χ2n) is 1.63. The number of allylic oxidation sites excluding steroid dienone is 1. The monoisotopic (exact) mass is 144 g/mol. The van der Waals surface area contributed by atoms with Crippen molar-refractivity contribution in [3.63, 3.8) is 0 Å². The third kappa shape index (κ3) is 5.31. The minimum absolute atomic E-state index is 0.153. The number of hydrogen-bond acceptors (Lipinski definition) is 3. The molecule has 0 aromatic heterocycles. The maximum Gasteiger partial charge on any atom is 0.184 e. The Balaban J connectivity index is 3.03. The second kappa shape index (κ2) is 6.29. The molecule has 0 aromatic carbocycles. The normalized spacial score (nSPS) is 8.90. The molecule has 0 amide bonds. The van der Waals surface area contributed by atoms with Crippen molar-refractivity contribution >= 4 is 6.29 Å². The molecule has 3 nitrogen and oxygen atoms in total. The molecular formula is C7H12O3. The molecule has 10 heavy (non-hydrogen) atoms. The van der Waals surface area contributed by atoms with Crippen LogP contribution in [0.2, 0.25) is 0 Å². The van der Waals surface area contributed by atoms with E-state index in [0.29, 0.717) is 26.1 Å². The van der Waals surface area contributed by atoms with Crippen molar-refractivity contribution in [1.82, 2.24) is 0 Å². The van der Waals surface area contributed by atoms with Crippen molar-refractivity contribution in [1.29, 1.82) is 0 Å². The molecular weight excluding hydrogens is 132 g/mol. The van der Waals surface area contributed by atoms with Gasteiger partial charge >= 0.3 is 0 Å². The van der Waals surface area contributed by atoms with Crippen LogP contribution < -0.4 is 0 Å². The van der Waals surface area contributed by atoms with Gasteiger partial charge in [0.25, 0.3) is 0 Å². The van der Waals surface area contributed by atoms with Gasteiger partial charge in [-0.1, -0.05) is 6.58 Å². The van der Waals surface area contributed by atoms with E-state index in [1.54, 1.807) is 0 Å². The van der Waals surface area contributed by atoms with Crippen LogP contribution in [0.5, 0.6) is 0 Å². The van der Waals surface area contributed by atoms with Gasteiger partial charge in [0, 0.05) is 6.61 Å². The Morgan fingerprint density at radius 2 is 2.30 bits per heavy atom. The van der Waals surface area contributed by atoms with E-state index in [1.165, 1.54) is 0 Å². The van der Waals surface area contributed by atoms with E-state index in [4.69, 9.17) is 9.47 Å². The van der Waals surface area contributed by atoms with Gasteiger partial charge in [0.2, 0.25) is 0 Å². The van der Waals surface area contributed by atoms with E-state index < -0.39 is 0 Å². The summed E-state index contributed by atoms with van der Waals surface area (Å²) in [5.74, 6) is 0.153. The number of carbonyl (C=O) groups is 1. The van der Waals surface area contributed by atoms with Gasteiger partial charge in [-0.25, -0.2) is 0 Å². The zero-order chi connectivity index (χ0) is 7.82. The van der Waals surface area contributed by atoms with Crippen LogP contribution in [-0.4, -0.2) is 26.1 Å². The van der Waals surface area contributed by atoms with E-state index in [0.717, 1.165) is 0 Å². The highest BCUT2D eigenvalue weighted by Gasteiger charge is 1.89. The Bertz CT molecular complexity index is 109. The van der Waals surface area contributed by atoms with Crippen molar-refractivity contribution in [2.45, 2.75) is 6.92 Å². The predicted molar refractivity (Wildman–Crippen MR) is 37.6 cm³/mol. The lowest BCUT2D eigenvalue weighted by Crippen LogP contribution is -2.03. The molecule has 0 aliphatic rings. The molecule has 0 aromatic rings. The first kappa shape index (κ1) is 9.17. The molecule has 0 aliphatic heterocycles. The minimum Gasteiger partial charge on any atom is -0.488 e. The summed E-state index contributed by atoms with van der Waals surface area (Å²) in [4.78, 5) is 9.90. The van der Waals surface area contributed by atoms with Gasteiger partial charge in [-0.05, 0) is 6.92 Å². The van der Waals surface area contributed by atoms with Crippen molar-refractivity contribution in [2.24, 2.45) is 0 Å². The summed E-state index contributed by atoms with van der Waals surface area (Å²) in [6, 6.07) is 0. The van der Waals surface area contributed by atoms with Crippen molar-refractivity contribution in [3.05, 3.63) is 12.3 Å². The molecule has 0 rings (SSSR count). The SMILES string of the molecule is C=C(C=O)OCCOCC. The first-order chi connectivity index (χ1) is 4.81. The molecule has 0 heterocycles. The van der Waals surface area contributed by atoms with E-state index in [9.17, 15) is 4.79 Å². The molecule has 0 fully saturated rings. The standard InChI is InChI=1S/C7H12O3/c1-3-9-4-5-10-7(2)6-8/h6H,2-5H2,1H3. The fourth-order valence-corrected chi connectivity index (χ4v) is 0.410. The highest BCUT2D eigenvalue weighted by atomic mass is 16.5. The summed E-state index contributed by atoms with van der Waals surface area (Å²) < 4.78 is 9.75. The zero-order valence-corrected chi connectivity index (χ0v) is 6.13. The fraction of sp³-hybridized carbons (Fsp3) is 0.571. The Hall–Kier alpha value is -0.830. The van der Waals surface area contributed by atoms with Crippen LogP contribution in [0, 0.1) is 0 Å². The van der Waals surface area contributed by atoms with E-state index in [1.807, 2.05) is 6.92 Å². The summed E-state index contributed by atoms with van der Waals surface area (Å²) >= 11 is 0. The maximum absolute atomic E-state index is 9.90. The van der Waals surface area contributed by atoms with Crippen molar-refractivity contribution in [2.75, 3.05) is 19.8 Å². The van der Waals surface area contributed by atoms with Crippen molar-refractivity contribution < 1.29 is 14.3 Å². The van der Waals surface area contributed by atoms with Crippen LogP contribution in [0.3, 0.4) is 0 Å². The van der Waals surface area contributed by atoms with Gasteiger partial charge in [0.1, 0.15) is 6.61 Å². The first-order valence-electron chi connectivity index (χ1n) is 3.16. The summed E-state index contributed by atoms with van der Waals surface area (Å²) in [5, 5.41) is 0. The molecule has 0 saturated heterocycles. The average molecular weight is 144 g/mol. The maximum atomic E-state index is 9.90. The fourth-order valence-electron chi connectivity index (χ4n) is 0.410. The molecule has 0 unspecified atom stereocenters. The Morgan fingerprint density at radius 1 is 1.60 bits per heavy atom. The number of hydrogen-bond donors (Lipinski definition) is 0. The lowest BCUT2D eigenvalue weighted by molar-refractivity contribution is -0.108. The van der Waals surface area contributed by atoms with Gasteiger partial charge in [-0.3, -0.25) is 4.79 Å². The molecule has 0 saturated carbocycles. The molecule has 58 valence electrons. The van der Waals surface area contributed by atoms with Crippen LogP contribution in [0.25, 0.3) is 0 Å². The van der Waals surface area contributed by atoms with Crippen LogP contribution in [0.15, 0.2) is 12.3 Å². The van der Waals surface area contributed by atoms with Crippen LogP contribution >= 0.6 is 0 Å². The summed E-state index contributed by atoms with van der Waals surface area (Å²) in [6.07, 6.45) is 0.575. The van der Waals surface area contributed by atoms with Gasteiger partial charge in [0.05, 0.1) is 6.61 Å². The first-order valence-corrected chi connectivity index (χ1v) is 3.16. The highest BCUT2D eigenvalue weighted by molar-refractivity contribution is 5.68. The van der Waals surface area contributed by atoms with E-state index in [-0.39, 0.29) is 5.76 Å². The van der Waals surface area contributed by atoms with Crippen LogP contribution in [0.1, 0.15) is 6.92 Å². The summed E-state index contributed by atoms with van der Waals surface area (Å²) in [5.41, 5.74) is 0. The second-order valence-corrected chi connectivity index (χ2v) is 1.63. The molecule has 0 atom stereocenters. The highest BCUT2D eigenvalue weighted by Crippen LogP contribution is 1.86. The van der Waals surface area contributed by atoms with Gasteiger partial charge in [-0.2, -0.15) is 0 Å². The lowest BCUT2D eigenvalue weighted by Gasteiger charge is -2.02. The number of aldehydes is 1. The Morgan fingerprint density at radius 3 is 2.80 bits per heavy atom. The number of carbonyl (C=O) groups excluding carboxylic acids is 1. The summed E-state index contributed by atoms with van der Waals surface area (Å²) in [7, 11) is 0. The van der Waals surface area contributed by atoms with E-state index in [2.05, 4.69) is 6.58 Å². The lowest BCUT2D eigenvalue weighted by atomic mass is 10.6. The van der Waals surface area contributed by atoms with Gasteiger partial charge in [-0.15, -0.1) is 0 Å².